The number of amides is 1. The first-order valence-electron chi connectivity index (χ1n) is 6.86. The van der Waals surface area contributed by atoms with Gasteiger partial charge in [0.1, 0.15) is 12.4 Å². The predicted molar refractivity (Wildman–Crippen MR) is 85.4 cm³/mol. The van der Waals surface area contributed by atoms with Crippen molar-refractivity contribution in [3.63, 3.8) is 0 Å². The Balaban J connectivity index is 2.05. The third-order valence-electron chi connectivity index (χ3n) is 3.14. The van der Waals surface area contributed by atoms with Crippen molar-refractivity contribution < 1.29 is 14.3 Å². The summed E-state index contributed by atoms with van der Waals surface area (Å²) < 4.78 is 6.21. The van der Waals surface area contributed by atoms with Crippen molar-refractivity contribution in [2.45, 2.75) is 12.5 Å². The van der Waals surface area contributed by atoms with E-state index < -0.39 is 12.0 Å². The Kier molecular flexibility index (Phi) is 6.10. The summed E-state index contributed by atoms with van der Waals surface area (Å²) in [5, 5.41) is 13.6. The first-order valence-corrected chi connectivity index (χ1v) is 8.26. The van der Waals surface area contributed by atoms with Crippen LogP contribution in [0.2, 0.25) is 0 Å². The fourth-order valence-electron chi connectivity index (χ4n) is 1.91. The molecule has 1 atom stereocenters. The summed E-state index contributed by atoms with van der Waals surface area (Å²) in [6, 6.07) is 6.09. The fourth-order valence-corrected chi connectivity index (χ4v) is 2.39. The Bertz CT molecular complexity index is 645. The monoisotopic (exact) mass is 335 g/mol. The van der Waals surface area contributed by atoms with E-state index in [1.165, 1.54) is 18.1 Å². The van der Waals surface area contributed by atoms with Crippen molar-refractivity contribution in [3.8, 4) is 5.69 Å². The molecule has 0 aliphatic rings. The second-order valence-electron chi connectivity index (χ2n) is 4.63. The average molecular weight is 335 g/mol. The number of hydrogen-bond donors (Lipinski definition) is 1. The smallest absolute Gasteiger partial charge is 0.328 e. The Labute approximate surface area is 137 Å². The number of hydrogen-bond acceptors (Lipinski definition) is 7. The van der Waals surface area contributed by atoms with Crippen LogP contribution in [0, 0.1) is 0 Å². The topological polar surface area (TPSA) is 99.0 Å². The molecule has 0 saturated heterocycles. The summed E-state index contributed by atoms with van der Waals surface area (Å²) in [5.74, 6) is -0.0272. The van der Waals surface area contributed by atoms with E-state index in [0.29, 0.717) is 12.0 Å². The van der Waals surface area contributed by atoms with Gasteiger partial charge in [0.15, 0.2) is 0 Å². The molecule has 1 N–H and O–H groups in total. The Morgan fingerprint density at radius 1 is 1.35 bits per heavy atom. The molecule has 0 unspecified atom stereocenters. The maximum absolute atomic E-state index is 12.3. The lowest BCUT2D eigenvalue weighted by Crippen LogP contribution is -2.41. The van der Waals surface area contributed by atoms with Crippen LogP contribution < -0.4 is 5.32 Å². The molecule has 9 heteroatoms. The predicted octanol–water partition coefficient (Wildman–Crippen LogP) is 0.687. The first-order chi connectivity index (χ1) is 11.2. The number of ether oxygens (including phenoxy) is 1. The van der Waals surface area contributed by atoms with Crippen LogP contribution in [0.4, 0.5) is 0 Å². The van der Waals surface area contributed by atoms with Crippen LogP contribution in [-0.2, 0) is 9.53 Å². The number of carbonyl (C=O) groups excluding carboxylic acids is 2. The van der Waals surface area contributed by atoms with Crippen LogP contribution in [0.25, 0.3) is 5.69 Å². The van der Waals surface area contributed by atoms with Crippen LogP contribution in [-0.4, -0.2) is 57.2 Å². The Morgan fingerprint density at radius 2 is 2.09 bits per heavy atom. The second kappa shape index (κ2) is 8.28. The highest BCUT2D eigenvalue weighted by atomic mass is 32.2. The molecule has 1 heterocycles. The third kappa shape index (κ3) is 4.52. The molecule has 0 bridgehead atoms. The van der Waals surface area contributed by atoms with Crippen molar-refractivity contribution in [3.05, 3.63) is 36.2 Å². The molecule has 0 radical (unpaired) electrons. The van der Waals surface area contributed by atoms with Gasteiger partial charge in [-0.1, -0.05) is 0 Å². The van der Waals surface area contributed by atoms with Gasteiger partial charge in [-0.3, -0.25) is 4.79 Å². The molecule has 1 amide bonds. The van der Waals surface area contributed by atoms with E-state index in [9.17, 15) is 9.59 Å². The molecule has 2 rings (SSSR count). The van der Waals surface area contributed by atoms with Gasteiger partial charge in [0.25, 0.3) is 5.91 Å². The molecule has 0 aliphatic carbocycles. The van der Waals surface area contributed by atoms with E-state index in [0.717, 1.165) is 11.4 Å². The second-order valence-corrected chi connectivity index (χ2v) is 5.62. The Morgan fingerprint density at radius 3 is 2.65 bits per heavy atom. The van der Waals surface area contributed by atoms with Crippen LogP contribution in [0.3, 0.4) is 0 Å². The lowest BCUT2D eigenvalue weighted by atomic mass is 10.1. The highest BCUT2D eigenvalue weighted by molar-refractivity contribution is 7.98. The van der Waals surface area contributed by atoms with Crippen LogP contribution in [0.15, 0.2) is 30.6 Å². The largest absolute Gasteiger partial charge is 0.467 e. The highest BCUT2D eigenvalue weighted by Crippen LogP contribution is 2.09. The summed E-state index contributed by atoms with van der Waals surface area (Å²) in [7, 11) is 1.31. The molecule has 0 fully saturated rings. The normalized spacial score (nSPS) is 11.7. The average Bonchev–Trinajstić information content (AvgIpc) is 3.12. The highest BCUT2D eigenvalue weighted by Gasteiger charge is 2.21. The van der Waals surface area contributed by atoms with Gasteiger partial charge in [-0.15, -0.1) is 5.10 Å². The summed E-state index contributed by atoms with van der Waals surface area (Å²) >= 11 is 1.60. The molecule has 23 heavy (non-hydrogen) atoms. The molecular weight excluding hydrogens is 318 g/mol. The molecular formula is C14H17N5O3S. The lowest BCUT2D eigenvalue weighted by Gasteiger charge is -2.16. The maximum atomic E-state index is 12.3. The zero-order valence-corrected chi connectivity index (χ0v) is 13.6. The number of esters is 1. The molecule has 8 nitrogen and oxygen atoms in total. The minimum atomic E-state index is -0.654. The summed E-state index contributed by atoms with van der Waals surface area (Å²) in [5.41, 5.74) is 1.18. The first kappa shape index (κ1) is 16.9. The SMILES string of the molecule is COC(=O)[C@@H](CCSC)NC(=O)c1ccc(-n2cnnn2)cc1. The van der Waals surface area contributed by atoms with E-state index in [4.69, 9.17) is 4.74 Å². The molecule has 1 aromatic carbocycles. The summed E-state index contributed by atoms with van der Waals surface area (Å²) in [6.07, 6.45) is 3.92. The lowest BCUT2D eigenvalue weighted by molar-refractivity contribution is -0.142. The van der Waals surface area contributed by atoms with E-state index >= 15 is 0 Å². The van der Waals surface area contributed by atoms with Crippen LogP contribution >= 0.6 is 11.8 Å². The zero-order chi connectivity index (χ0) is 16.7. The third-order valence-corrected chi connectivity index (χ3v) is 3.79. The number of rotatable bonds is 7. The van der Waals surface area contributed by atoms with Gasteiger partial charge < -0.3 is 10.1 Å². The van der Waals surface area contributed by atoms with Gasteiger partial charge in [-0.25, -0.2) is 9.48 Å². The molecule has 0 saturated carbocycles. The fraction of sp³-hybridized carbons (Fsp3) is 0.357. The quantitative estimate of drug-likeness (QED) is 0.743. The molecule has 122 valence electrons. The van der Waals surface area contributed by atoms with E-state index in [1.807, 2.05) is 6.26 Å². The number of thioether (sulfide) groups is 1. The summed E-state index contributed by atoms with van der Waals surface area (Å²) in [6.45, 7) is 0. The van der Waals surface area contributed by atoms with Gasteiger partial charge in [-0.05, 0) is 53.1 Å². The molecule has 2 aromatic rings. The van der Waals surface area contributed by atoms with Crippen molar-refractivity contribution >= 4 is 23.6 Å². The molecule has 1 aromatic heterocycles. The van der Waals surface area contributed by atoms with Crippen molar-refractivity contribution in [1.29, 1.82) is 0 Å². The van der Waals surface area contributed by atoms with E-state index in [2.05, 4.69) is 20.8 Å². The number of tetrazole rings is 1. The number of methoxy groups -OCH3 is 1. The van der Waals surface area contributed by atoms with E-state index in [-0.39, 0.29) is 5.91 Å². The van der Waals surface area contributed by atoms with Crippen LogP contribution in [0.5, 0.6) is 0 Å². The number of nitrogens with one attached hydrogen (secondary N) is 1. The van der Waals surface area contributed by atoms with E-state index in [1.54, 1.807) is 36.0 Å². The van der Waals surface area contributed by atoms with Crippen molar-refractivity contribution in [2.75, 3.05) is 19.1 Å². The standard InChI is InChI=1S/C14H17N5O3S/c1-22-14(21)12(7-8-23-2)16-13(20)10-3-5-11(6-4-10)19-9-15-17-18-19/h3-6,9,12H,7-8H2,1-2H3,(H,16,20)/t12-/m1/s1. The minimum Gasteiger partial charge on any atom is -0.467 e. The van der Waals surface area contributed by atoms with Crippen LogP contribution in [0.1, 0.15) is 16.8 Å². The minimum absolute atomic E-state index is 0.329. The number of carbonyl (C=O) groups is 2. The van der Waals surface area contributed by atoms with Gasteiger partial charge in [0.05, 0.1) is 12.8 Å². The van der Waals surface area contributed by atoms with Gasteiger partial charge >= 0.3 is 5.97 Å². The van der Waals surface area contributed by atoms with Gasteiger partial charge in [0.2, 0.25) is 0 Å². The maximum Gasteiger partial charge on any atom is 0.328 e. The molecule has 0 aliphatic heterocycles. The number of aromatic nitrogens is 4. The van der Waals surface area contributed by atoms with Gasteiger partial charge in [-0.2, -0.15) is 11.8 Å². The van der Waals surface area contributed by atoms with Crippen molar-refractivity contribution in [2.24, 2.45) is 0 Å². The number of benzene rings is 1. The van der Waals surface area contributed by atoms with Crippen molar-refractivity contribution in [1.82, 2.24) is 25.5 Å². The Hall–Kier alpha value is -2.42. The summed E-state index contributed by atoms with van der Waals surface area (Å²) in [4.78, 5) is 24.0. The number of nitrogens with zero attached hydrogens (tertiary/aromatic N) is 4. The van der Waals surface area contributed by atoms with Gasteiger partial charge in [0, 0.05) is 5.56 Å². The zero-order valence-electron chi connectivity index (χ0n) is 12.8. The molecule has 0 spiro atoms.